The van der Waals surface area contributed by atoms with Crippen LogP contribution in [0.25, 0.3) is 0 Å². The van der Waals surface area contributed by atoms with Gasteiger partial charge in [0, 0.05) is 19.8 Å². The number of amides is 3. The van der Waals surface area contributed by atoms with Crippen molar-refractivity contribution in [2.45, 2.75) is 95.2 Å². The number of carbonyl (C=O) groups excluding carboxylic acids is 3. The van der Waals surface area contributed by atoms with Crippen LogP contribution in [0.5, 0.6) is 0 Å². The van der Waals surface area contributed by atoms with Crippen LogP contribution in [-0.4, -0.2) is 97.4 Å². The number of aliphatic carboxylic acids is 1. The third kappa shape index (κ3) is 10.5. The molecule has 0 aromatic heterocycles. The Bertz CT molecular complexity index is 809. The number of halogens is 1. The lowest BCUT2D eigenvalue weighted by Crippen LogP contribution is -2.60. The van der Waals surface area contributed by atoms with Crippen molar-refractivity contribution in [2.24, 2.45) is 5.92 Å². The van der Waals surface area contributed by atoms with E-state index in [1.807, 2.05) is 6.92 Å². The molecule has 0 aromatic carbocycles. The molecule has 0 spiro atoms. The molecule has 2 heterocycles. The van der Waals surface area contributed by atoms with Crippen molar-refractivity contribution in [3.05, 3.63) is 0 Å². The van der Waals surface area contributed by atoms with E-state index in [0.717, 1.165) is 12.8 Å². The number of nitrogens with zero attached hydrogens (tertiary/aromatic N) is 1. The van der Waals surface area contributed by atoms with Gasteiger partial charge in [0.25, 0.3) is 0 Å². The minimum absolute atomic E-state index is 0. The molecule has 1 saturated carbocycles. The Kier molecular flexibility index (Phi) is 14.5. The summed E-state index contributed by atoms with van der Waals surface area (Å²) in [6, 6.07) is -1.97. The van der Waals surface area contributed by atoms with Gasteiger partial charge in [0.2, 0.25) is 17.7 Å². The summed E-state index contributed by atoms with van der Waals surface area (Å²) in [5.41, 5.74) is -0.999. The second-order valence-electron chi connectivity index (χ2n) is 11.1. The minimum atomic E-state index is -1.19. The molecule has 3 aliphatic rings. The molecule has 3 rings (SSSR count). The Morgan fingerprint density at radius 3 is 2.36 bits per heavy atom. The number of hydrogen-bond acceptors (Lipinski definition) is 7. The lowest BCUT2D eigenvalue weighted by atomic mass is 9.90. The predicted octanol–water partition coefficient (Wildman–Crippen LogP) is 1.62. The highest BCUT2D eigenvalue weighted by atomic mass is 35.5. The summed E-state index contributed by atoms with van der Waals surface area (Å²) in [6.07, 6.45) is 10.9. The smallest absolute Gasteiger partial charge is 0.328 e. The number of nitrogens with one attached hydrogen (secondary N) is 3. The SMILES string of the molecule is C[C@@]1(NCC2CCCCCCC2)COCCCCOC[C@@H](C(=O)O)NC(=O)[C@@H]2CCCN2C(=O)CNC1=O.Cl. The highest BCUT2D eigenvalue weighted by Gasteiger charge is 2.38. The van der Waals surface area contributed by atoms with Crippen molar-refractivity contribution in [1.82, 2.24) is 20.9 Å². The van der Waals surface area contributed by atoms with E-state index in [9.17, 15) is 24.3 Å². The van der Waals surface area contributed by atoms with E-state index in [-0.39, 0.29) is 44.0 Å². The molecule has 3 fully saturated rings. The molecule has 3 atom stereocenters. The molecule has 4 N–H and O–H groups in total. The fourth-order valence-corrected chi connectivity index (χ4v) is 5.43. The van der Waals surface area contributed by atoms with Gasteiger partial charge in [-0.1, -0.05) is 32.1 Å². The van der Waals surface area contributed by atoms with Gasteiger partial charge in [-0.2, -0.15) is 0 Å². The molecule has 0 unspecified atom stereocenters. The van der Waals surface area contributed by atoms with E-state index in [2.05, 4.69) is 16.0 Å². The molecule has 0 bridgehead atoms. The van der Waals surface area contributed by atoms with Gasteiger partial charge in [-0.3, -0.25) is 14.4 Å². The molecular formula is C27H47ClN4O7. The second kappa shape index (κ2) is 17.0. The summed E-state index contributed by atoms with van der Waals surface area (Å²) in [5.74, 6) is -1.88. The van der Waals surface area contributed by atoms with Crippen LogP contribution >= 0.6 is 12.4 Å². The molecular weight excluding hydrogens is 528 g/mol. The number of rotatable bonds is 4. The molecule has 39 heavy (non-hydrogen) atoms. The van der Waals surface area contributed by atoms with Crippen LogP contribution in [0.3, 0.4) is 0 Å². The molecule has 11 nitrogen and oxygen atoms in total. The Balaban J connectivity index is 0.00000533. The van der Waals surface area contributed by atoms with Crippen molar-refractivity contribution < 1.29 is 33.8 Å². The number of carboxylic acids is 1. The summed E-state index contributed by atoms with van der Waals surface area (Å²) in [4.78, 5) is 52.3. The normalized spacial score (nSPS) is 29.5. The third-order valence-electron chi connectivity index (χ3n) is 7.90. The monoisotopic (exact) mass is 574 g/mol. The van der Waals surface area contributed by atoms with Gasteiger partial charge in [-0.05, 0) is 57.9 Å². The largest absolute Gasteiger partial charge is 0.480 e. The van der Waals surface area contributed by atoms with Crippen molar-refractivity contribution in [3.8, 4) is 0 Å². The van der Waals surface area contributed by atoms with Crippen LogP contribution in [0.4, 0.5) is 0 Å². The molecule has 224 valence electrons. The summed E-state index contributed by atoms with van der Waals surface area (Å²) in [7, 11) is 0. The summed E-state index contributed by atoms with van der Waals surface area (Å²) in [5, 5.41) is 18.2. The van der Waals surface area contributed by atoms with Crippen molar-refractivity contribution >= 4 is 36.1 Å². The zero-order chi connectivity index (χ0) is 27.4. The van der Waals surface area contributed by atoms with Gasteiger partial charge in [-0.15, -0.1) is 12.4 Å². The van der Waals surface area contributed by atoms with Crippen LogP contribution in [0.2, 0.25) is 0 Å². The van der Waals surface area contributed by atoms with Gasteiger partial charge in [0.05, 0.1) is 19.8 Å². The van der Waals surface area contributed by atoms with Crippen LogP contribution < -0.4 is 16.0 Å². The number of carbonyl (C=O) groups is 4. The highest BCUT2D eigenvalue weighted by molar-refractivity contribution is 5.93. The summed E-state index contributed by atoms with van der Waals surface area (Å²) in [6.45, 7) is 3.43. The Hall–Kier alpha value is -1.95. The zero-order valence-electron chi connectivity index (χ0n) is 23.2. The highest BCUT2D eigenvalue weighted by Crippen LogP contribution is 2.23. The van der Waals surface area contributed by atoms with E-state index in [1.165, 1.54) is 37.0 Å². The molecule has 0 aromatic rings. The van der Waals surface area contributed by atoms with Gasteiger partial charge >= 0.3 is 5.97 Å². The number of carboxylic acid groups (broad SMARTS) is 1. The lowest BCUT2D eigenvalue weighted by Gasteiger charge is -2.32. The van der Waals surface area contributed by atoms with E-state index in [4.69, 9.17) is 9.47 Å². The predicted molar refractivity (Wildman–Crippen MR) is 148 cm³/mol. The Morgan fingerprint density at radius 1 is 1.00 bits per heavy atom. The Morgan fingerprint density at radius 2 is 1.67 bits per heavy atom. The Labute approximate surface area is 237 Å². The molecule has 1 aliphatic carbocycles. The van der Waals surface area contributed by atoms with Crippen LogP contribution in [0.15, 0.2) is 0 Å². The molecule has 0 radical (unpaired) electrons. The van der Waals surface area contributed by atoms with Gasteiger partial charge in [0.15, 0.2) is 6.04 Å². The summed E-state index contributed by atoms with van der Waals surface area (Å²) >= 11 is 0. The quantitative estimate of drug-likeness (QED) is 0.396. The van der Waals surface area contributed by atoms with E-state index >= 15 is 0 Å². The van der Waals surface area contributed by atoms with E-state index in [1.54, 1.807) is 0 Å². The summed E-state index contributed by atoms with van der Waals surface area (Å²) < 4.78 is 11.4. The van der Waals surface area contributed by atoms with Crippen molar-refractivity contribution in [1.29, 1.82) is 0 Å². The third-order valence-corrected chi connectivity index (χ3v) is 7.90. The number of fused-ring (bicyclic) bond motifs is 1. The lowest BCUT2D eigenvalue weighted by molar-refractivity contribution is -0.145. The molecule has 2 saturated heterocycles. The van der Waals surface area contributed by atoms with Crippen molar-refractivity contribution in [2.75, 3.05) is 46.1 Å². The van der Waals surface area contributed by atoms with Crippen LogP contribution in [0.1, 0.15) is 77.6 Å². The van der Waals surface area contributed by atoms with Crippen LogP contribution in [-0.2, 0) is 28.7 Å². The first-order chi connectivity index (χ1) is 18.3. The topological polar surface area (TPSA) is 146 Å². The fraction of sp³-hybridized carbons (Fsp3) is 0.852. The maximum absolute atomic E-state index is 13.4. The first-order valence-electron chi connectivity index (χ1n) is 14.3. The van der Waals surface area contributed by atoms with Gasteiger partial charge in [-0.25, -0.2) is 4.79 Å². The maximum Gasteiger partial charge on any atom is 0.328 e. The fourth-order valence-electron chi connectivity index (χ4n) is 5.43. The average molecular weight is 575 g/mol. The van der Waals surface area contributed by atoms with Gasteiger partial charge < -0.3 is 35.4 Å². The molecule has 3 amide bonds. The minimum Gasteiger partial charge on any atom is -0.480 e. The van der Waals surface area contributed by atoms with Crippen LogP contribution in [0, 0.1) is 5.92 Å². The maximum atomic E-state index is 13.4. The molecule has 2 aliphatic heterocycles. The number of ether oxygens (including phenoxy) is 2. The van der Waals surface area contributed by atoms with E-state index < -0.39 is 29.5 Å². The zero-order valence-corrected chi connectivity index (χ0v) is 24.0. The first-order valence-corrected chi connectivity index (χ1v) is 14.3. The molecule has 12 heteroatoms. The van der Waals surface area contributed by atoms with Crippen molar-refractivity contribution in [3.63, 3.8) is 0 Å². The average Bonchev–Trinajstić information content (AvgIpc) is 3.37. The number of hydrogen-bond donors (Lipinski definition) is 4. The second-order valence-corrected chi connectivity index (χ2v) is 11.1. The van der Waals surface area contributed by atoms with E-state index in [0.29, 0.717) is 57.9 Å². The van der Waals surface area contributed by atoms with Gasteiger partial charge in [0.1, 0.15) is 11.6 Å². The standard InChI is InChI=1S/C27H46N4O7.ClH/c1-27(29-16-20-10-5-3-2-4-6-11-20)19-38-15-8-7-14-37-18-21(25(34)35)30-24(33)22-12-9-13-31(22)23(32)17-28-26(27)36;/h20-22,29H,2-19H2,1H3,(H,28,36)(H,30,33)(H,34,35);1H/t21-,22-,27+;/m0./s1. The first kappa shape index (κ1) is 33.3.